The zero-order valence-electron chi connectivity index (χ0n) is 22.7. The Balaban J connectivity index is 1.15. The van der Waals surface area contributed by atoms with Crippen LogP contribution in [0, 0.1) is 0 Å². The van der Waals surface area contributed by atoms with Gasteiger partial charge >= 0.3 is 0 Å². The highest BCUT2D eigenvalue weighted by molar-refractivity contribution is 9.10. The molecule has 0 atom stereocenters. The molecule has 0 saturated carbocycles. The SMILES string of the molecule is O=Cc1c(-c2ccc(OCCN3CCCC3)cc2)sc2cccc(OCc3ccc(CN4CCCC4)c(Br)c3)c12. The molecule has 5 nitrogen and oxygen atoms in total. The van der Waals surface area contributed by atoms with Crippen molar-refractivity contribution >= 4 is 43.6 Å². The van der Waals surface area contributed by atoms with Crippen molar-refractivity contribution in [3.8, 4) is 21.9 Å². The molecule has 1 aromatic heterocycles. The van der Waals surface area contributed by atoms with Crippen molar-refractivity contribution in [3.63, 3.8) is 0 Å². The van der Waals surface area contributed by atoms with E-state index >= 15 is 0 Å². The summed E-state index contributed by atoms with van der Waals surface area (Å²) in [6.07, 6.45) is 6.13. The van der Waals surface area contributed by atoms with Gasteiger partial charge in [-0.2, -0.15) is 0 Å². The summed E-state index contributed by atoms with van der Waals surface area (Å²) in [4.78, 5) is 18.3. The van der Waals surface area contributed by atoms with Gasteiger partial charge in [-0.15, -0.1) is 11.3 Å². The van der Waals surface area contributed by atoms with Gasteiger partial charge in [0, 0.05) is 38.1 Å². The Bertz CT molecular complexity index is 1460. The summed E-state index contributed by atoms with van der Waals surface area (Å²) in [7, 11) is 0. The third-order valence-corrected chi connectivity index (χ3v) is 9.89. The molecule has 40 heavy (non-hydrogen) atoms. The second kappa shape index (κ2) is 12.9. The zero-order valence-corrected chi connectivity index (χ0v) is 25.1. The Kier molecular flexibility index (Phi) is 8.83. The van der Waals surface area contributed by atoms with Gasteiger partial charge in [0.1, 0.15) is 24.7 Å². The molecule has 2 saturated heterocycles. The maximum absolute atomic E-state index is 12.4. The Morgan fingerprint density at radius 1 is 0.875 bits per heavy atom. The minimum absolute atomic E-state index is 0.439. The van der Waals surface area contributed by atoms with E-state index < -0.39 is 0 Å². The van der Waals surface area contributed by atoms with Gasteiger partial charge in [-0.25, -0.2) is 0 Å². The van der Waals surface area contributed by atoms with Crippen LogP contribution in [0.1, 0.15) is 47.2 Å². The average molecular weight is 620 g/mol. The van der Waals surface area contributed by atoms with E-state index in [1.54, 1.807) is 11.3 Å². The van der Waals surface area contributed by atoms with Crippen LogP contribution in [0.25, 0.3) is 20.5 Å². The summed E-state index contributed by atoms with van der Waals surface area (Å²) in [5, 5.41) is 0.883. The third kappa shape index (κ3) is 6.28. The number of carbonyl (C=O) groups is 1. The molecule has 0 N–H and O–H groups in total. The van der Waals surface area contributed by atoms with Gasteiger partial charge in [0.05, 0.1) is 0 Å². The van der Waals surface area contributed by atoms with Crippen molar-refractivity contribution in [2.75, 3.05) is 39.3 Å². The van der Waals surface area contributed by atoms with Crippen LogP contribution in [0.15, 0.2) is 65.1 Å². The van der Waals surface area contributed by atoms with Crippen LogP contribution < -0.4 is 9.47 Å². The number of rotatable bonds is 11. The summed E-state index contributed by atoms with van der Waals surface area (Å²) < 4.78 is 14.5. The van der Waals surface area contributed by atoms with E-state index in [0.29, 0.717) is 18.8 Å². The standard InChI is InChI=1S/C33H35BrN2O3S/c34-29-20-24(8-9-26(29)21-36-16-3-4-17-36)23-39-30-6-5-7-31-32(30)28(22-37)33(40-31)25-10-12-27(13-11-25)38-19-18-35-14-1-2-15-35/h5-13,20,22H,1-4,14-19,21,23H2. The van der Waals surface area contributed by atoms with Gasteiger partial charge in [-0.05, 0) is 111 Å². The lowest BCUT2D eigenvalue weighted by molar-refractivity contribution is 0.112. The first-order valence-electron chi connectivity index (χ1n) is 14.3. The molecule has 3 heterocycles. The van der Waals surface area contributed by atoms with Crippen LogP contribution in [-0.2, 0) is 13.2 Å². The molecular formula is C33H35BrN2O3S. The normalized spacial score (nSPS) is 16.1. The van der Waals surface area contributed by atoms with Crippen LogP contribution in [0.5, 0.6) is 11.5 Å². The molecule has 2 fully saturated rings. The first-order valence-corrected chi connectivity index (χ1v) is 15.9. The van der Waals surface area contributed by atoms with Crippen molar-refractivity contribution in [3.05, 3.63) is 81.8 Å². The first kappa shape index (κ1) is 27.5. The molecule has 208 valence electrons. The Labute approximate surface area is 248 Å². The summed E-state index contributed by atoms with van der Waals surface area (Å²) in [5.41, 5.74) is 4.10. The molecule has 2 aliphatic heterocycles. The molecular weight excluding hydrogens is 584 g/mol. The minimum atomic E-state index is 0.439. The average Bonchev–Trinajstić information content (AvgIpc) is 3.75. The fraction of sp³-hybridized carbons (Fsp3) is 0.364. The van der Waals surface area contributed by atoms with Gasteiger partial charge < -0.3 is 9.47 Å². The molecule has 0 unspecified atom stereocenters. The number of carbonyl (C=O) groups excluding carboxylic acids is 1. The smallest absolute Gasteiger partial charge is 0.152 e. The van der Waals surface area contributed by atoms with Crippen molar-refractivity contribution in [1.82, 2.24) is 9.80 Å². The summed E-state index contributed by atoms with van der Waals surface area (Å²) in [5.74, 6) is 1.60. The predicted octanol–water partition coefficient (Wildman–Crippen LogP) is 7.79. The lowest BCUT2D eigenvalue weighted by atomic mass is 10.1. The minimum Gasteiger partial charge on any atom is -0.492 e. The maximum Gasteiger partial charge on any atom is 0.152 e. The summed E-state index contributed by atoms with van der Waals surface area (Å²) in [6.45, 7) is 7.80. The molecule has 3 aromatic carbocycles. The molecule has 4 aromatic rings. The lowest BCUT2D eigenvalue weighted by Gasteiger charge is -2.16. The Morgan fingerprint density at radius 2 is 1.62 bits per heavy atom. The molecule has 6 rings (SSSR count). The predicted molar refractivity (Wildman–Crippen MR) is 167 cm³/mol. The summed E-state index contributed by atoms with van der Waals surface area (Å²) in [6, 6.07) is 20.6. The van der Waals surface area contributed by atoms with Gasteiger partial charge in [0.2, 0.25) is 0 Å². The number of thiophene rings is 1. The quantitative estimate of drug-likeness (QED) is 0.160. The second-order valence-electron chi connectivity index (χ2n) is 10.7. The van der Waals surface area contributed by atoms with Crippen LogP contribution >= 0.6 is 27.3 Å². The number of hydrogen-bond acceptors (Lipinski definition) is 6. The zero-order chi connectivity index (χ0) is 27.3. The van der Waals surface area contributed by atoms with E-state index in [0.717, 1.165) is 61.4 Å². The molecule has 2 aliphatic rings. The molecule has 7 heteroatoms. The Morgan fingerprint density at radius 3 is 2.35 bits per heavy atom. The van der Waals surface area contributed by atoms with E-state index in [2.05, 4.69) is 50.0 Å². The van der Waals surface area contributed by atoms with Crippen molar-refractivity contribution in [2.45, 2.75) is 38.8 Å². The van der Waals surface area contributed by atoms with Gasteiger partial charge in [-0.3, -0.25) is 14.6 Å². The van der Waals surface area contributed by atoms with E-state index in [4.69, 9.17) is 9.47 Å². The number of fused-ring (bicyclic) bond motifs is 1. The number of halogens is 1. The van der Waals surface area contributed by atoms with Crippen LogP contribution in [0.3, 0.4) is 0 Å². The van der Waals surface area contributed by atoms with Gasteiger partial charge in [0.25, 0.3) is 0 Å². The molecule has 0 spiro atoms. The van der Waals surface area contributed by atoms with E-state index in [1.807, 2.05) is 36.4 Å². The van der Waals surface area contributed by atoms with Crippen molar-refractivity contribution in [2.24, 2.45) is 0 Å². The highest BCUT2D eigenvalue weighted by Crippen LogP contribution is 2.42. The largest absolute Gasteiger partial charge is 0.492 e. The first-order chi connectivity index (χ1) is 19.7. The highest BCUT2D eigenvalue weighted by atomic mass is 79.9. The molecule has 0 bridgehead atoms. The van der Waals surface area contributed by atoms with Crippen molar-refractivity contribution in [1.29, 1.82) is 0 Å². The Hall–Kier alpha value is -2.71. The highest BCUT2D eigenvalue weighted by Gasteiger charge is 2.18. The van der Waals surface area contributed by atoms with E-state index in [1.165, 1.54) is 57.4 Å². The van der Waals surface area contributed by atoms with E-state index in [-0.39, 0.29) is 0 Å². The molecule has 0 amide bonds. The van der Waals surface area contributed by atoms with Crippen molar-refractivity contribution < 1.29 is 14.3 Å². The summed E-state index contributed by atoms with van der Waals surface area (Å²) >= 11 is 5.40. The molecule has 0 aliphatic carbocycles. The lowest BCUT2D eigenvalue weighted by Crippen LogP contribution is -2.25. The van der Waals surface area contributed by atoms with Gasteiger partial charge in [0.15, 0.2) is 6.29 Å². The number of likely N-dealkylation sites (tertiary alicyclic amines) is 2. The topological polar surface area (TPSA) is 42.0 Å². The number of nitrogens with zero attached hydrogens (tertiary/aromatic N) is 2. The maximum atomic E-state index is 12.4. The van der Waals surface area contributed by atoms with Crippen LogP contribution in [0.2, 0.25) is 0 Å². The number of aldehydes is 1. The number of ether oxygens (including phenoxy) is 2. The number of hydrogen-bond donors (Lipinski definition) is 0. The van der Waals surface area contributed by atoms with Crippen LogP contribution in [-0.4, -0.2) is 55.4 Å². The fourth-order valence-electron chi connectivity index (χ4n) is 5.74. The fourth-order valence-corrected chi connectivity index (χ4v) is 7.48. The second-order valence-corrected chi connectivity index (χ2v) is 12.6. The van der Waals surface area contributed by atoms with Crippen LogP contribution in [0.4, 0.5) is 0 Å². The number of benzene rings is 3. The molecule has 0 radical (unpaired) electrons. The monoisotopic (exact) mass is 618 g/mol. The third-order valence-electron chi connectivity index (χ3n) is 7.93. The van der Waals surface area contributed by atoms with E-state index in [9.17, 15) is 4.79 Å². The van der Waals surface area contributed by atoms with Gasteiger partial charge in [-0.1, -0.05) is 34.1 Å².